The second-order valence-corrected chi connectivity index (χ2v) is 6.12. The third-order valence-electron chi connectivity index (χ3n) is 4.65. The minimum Gasteiger partial charge on any atom is -0.342 e. The summed E-state index contributed by atoms with van der Waals surface area (Å²) in [4.78, 5) is 26.7. The molecule has 1 spiro atoms. The van der Waals surface area contributed by atoms with Gasteiger partial charge >= 0.3 is 0 Å². The molecule has 2 aliphatic rings. The predicted molar refractivity (Wildman–Crippen MR) is 80.7 cm³/mol. The Morgan fingerprint density at radius 3 is 2.52 bits per heavy atom. The number of amides is 2. The monoisotopic (exact) mass is 286 g/mol. The lowest BCUT2D eigenvalue weighted by atomic mass is 9.95. The average Bonchev–Trinajstić information content (AvgIpc) is 2.93. The van der Waals surface area contributed by atoms with Crippen LogP contribution in [0.25, 0.3) is 0 Å². The summed E-state index contributed by atoms with van der Waals surface area (Å²) in [7, 11) is 0. The highest BCUT2D eigenvalue weighted by molar-refractivity contribution is 5.93. The van der Waals surface area contributed by atoms with E-state index < -0.39 is 5.54 Å². The van der Waals surface area contributed by atoms with Crippen LogP contribution in [0.2, 0.25) is 0 Å². The highest BCUT2D eigenvalue weighted by Gasteiger charge is 2.46. The zero-order valence-corrected chi connectivity index (χ0v) is 12.3. The van der Waals surface area contributed by atoms with Crippen molar-refractivity contribution in [2.24, 2.45) is 0 Å². The summed E-state index contributed by atoms with van der Waals surface area (Å²) in [6.07, 6.45) is 4.90. The molecule has 3 rings (SSSR count). The van der Waals surface area contributed by atoms with E-state index >= 15 is 0 Å². The Balaban J connectivity index is 1.71. The molecule has 1 aromatic rings. The van der Waals surface area contributed by atoms with Gasteiger partial charge in [0.15, 0.2) is 0 Å². The lowest BCUT2D eigenvalue weighted by Gasteiger charge is -2.31. The predicted octanol–water partition coefficient (Wildman–Crippen LogP) is 1.89. The van der Waals surface area contributed by atoms with Crippen LogP contribution in [0.1, 0.15) is 37.7 Å². The number of carbonyl (C=O) groups is 2. The topological polar surface area (TPSA) is 49.4 Å². The van der Waals surface area contributed by atoms with Crippen LogP contribution in [0.15, 0.2) is 30.3 Å². The van der Waals surface area contributed by atoms with Crippen LogP contribution in [0, 0.1) is 0 Å². The Morgan fingerprint density at radius 1 is 1.10 bits per heavy atom. The van der Waals surface area contributed by atoms with Crippen LogP contribution in [0.5, 0.6) is 0 Å². The minimum absolute atomic E-state index is 0.0208. The van der Waals surface area contributed by atoms with Crippen LogP contribution >= 0.6 is 0 Å². The van der Waals surface area contributed by atoms with E-state index in [1.807, 2.05) is 23.1 Å². The summed E-state index contributed by atoms with van der Waals surface area (Å²) >= 11 is 0. The number of benzene rings is 1. The fourth-order valence-electron chi connectivity index (χ4n) is 3.46. The first-order valence-corrected chi connectivity index (χ1v) is 7.84. The molecule has 0 atom stereocenters. The van der Waals surface area contributed by atoms with Gasteiger partial charge in [-0.15, -0.1) is 0 Å². The third-order valence-corrected chi connectivity index (χ3v) is 4.65. The maximum atomic E-state index is 12.8. The standard InChI is InChI=1S/C17H22N2O2/c20-15-9-13-19(12-8-14-6-2-1-3-7-14)16(21)17(18-15)10-4-5-11-17/h1-3,6-7H,4-5,8-13H2,(H,18,20). The maximum Gasteiger partial charge on any atom is 0.248 e. The van der Waals surface area contributed by atoms with Gasteiger partial charge in [-0.25, -0.2) is 0 Å². The first-order valence-electron chi connectivity index (χ1n) is 7.84. The molecule has 0 aromatic heterocycles. The number of nitrogens with zero attached hydrogens (tertiary/aromatic N) is 1. The second-order valence-electron chi connectivity index (χ2n) is 6.12. The zero-order chi connectivity index (χ0) is 14.7. The zero-order valence-electron chi connectivity index (χ0n) is 12.3. The van der Waals surface area contributed by atoms with Crippen molar-refractivity contribution >= 4 is 11.8 Å². The minimum atomic E-state index is -0.607. The summed E-state index contributed by atoms with van der Waals surface area (Å²) in [6.45, 7) is 1.23. The van der Waals surface area contributed by atoms with Crippen LogP contribution in [0.3, 0.4) is 0 Å². The van der Waals surface area contributed by atoms with Crippen molar-refractivity contribution in [3.05, 3.63) is 35.9 Å². The van der Waals surface area contributed by atoms with Gasteiger partial charge in [-0.05, 0) is 24.8 Å². The summed E-state index contributed by atoms with van der Waals surface area (Å²) in [6, 6.07) is 10.2. The summed E-state index contributed by atoms with van der Waals surface area (Å²) in [5.74, 6) is 0.147. The van der Waals surface area contributed by atoms with Gasteiger partial charge in [-0.3, -0.25) is 9.59 Å². The van der Waals surface area contributed by atoms with E-state index in [1.54, 1.807) is 0 Å². The fourth-order valence-corrected chi connectivity index (χ4v) is 3.46. The summed E-state index contributed by atoms with van der Waals surface area (Å²) in [5, 5.41) is 3.00. The van der Waals surface area contributed by atoms with Gasteiger partial charge in [0.05, 0.1) is 0 Å². The van der Waals surface area contributed by atoms with E-state index in [-0.39, 0.29) is 11.8 Å². The molecule has 1 aliphatic heterocycles. The molecule has 2 fully saturated rings. The molecule has 4 nitrogen and oxygen atoms in total. The molecule has 1 saturated heterocycles. The summed E-state index contributed by atoms with van der Waals surface area (Å²) in [5.41, 5.74) is 0.624. The average molecular weight is 286 g/mol. The lowest BCUT2D eigenvalue weighted by Crippen LogP contribution is -2.55. The van der Waals surface area contributed by atoms with Crippen molar-refractivity contribution in [1.29, 1.82) is 0 Å². The number of rotatable bonds is 3. The van der Waals surface area contributed by atoms with Crippen molar-refractivity contribution in [1.82, 2.24) is 10.2 Å². The SMILES string of the molecule is O=C1CCN(CCc2ccccc2)C(=O)C2(CCCC2)N1. The molecule has 1 heterocycles. The lowest BCUT2D eigenvalue weighted by molar-refractivity contribution is -0.138. The van der Waals surface area contributed by atoms with E-state index in [0.29, 0.717) is 19.5 Å². The van der Waals surface area contributed by atoms with Crippen molar-refractivity contribution < 1.29 is 9.59 Å². The van der Waals surface area contributed by atoms with Crippen LogP contribution in [0.4, 0.5) is 0 Å². The van der Waals surface area contributed by atoms with Crippen LogP contribution in [-0.4, -0.2) is 35.3 Å². The molecule has 112 valence electrons. The molecule has 21 heavy (non-hydrogen) atoms. The molecule has 0 bridgehead atoms. The van der Waals surface area contributed by atoms with Gasteiger partial charge in [0.25, 0.3) is 0 Å². The molecule has 0 radical (unpaired) electrons. The number of nitrogens with one attached hydrogen (secondary N) is 1. The van der Waals surface area contributed by atoms with Crippen molar-refractivity contribution in [3.63, 3.8) is 0 Å². The molecular formula is C17H22N2O2. The van der Waals surface area contributed by atoms with Crippen molar-refractivity contribution in [2.75, 3.05) is 13.1 Å². The number of hydrogen-bond acceptors (Lipinski definition) is 2. The molecule has 1 aromatic carbocycles. The van der Waals surface area contributed by atoms with Crippen molar-refractivity contribution in [3.8, 4) is 0 Å². The molecule has 1 saturated carbocycles. The van der Waals surface area contributed by atoms with Gasteiger partial charge in [0.2, 0.25) is 11.8 Å². The second kappa shape index (κ2) is 5.88. The smallest absolute Gasteiger partial charge is 0.248 e. The van der Waals surface area contributed by atoms with Crippen LogP contribution in [-0.2, 0) is 16.0 Å². The quantitative estimate of drug-likeness (QED) is 0.922. The van der Waals surface area contributed by atoms with E-state index in [2.05, 4.69) is 17.4 Å². The Kier molecular flexibility index (Phi) is 3.95. The Morgan fingerprint density at radius 2 is 1.81 bits per heavy atom. The van der Waals surface area contributed by atoms with E-state index in [9.17, 15) is 9.59 Å². The Labute approximate surface area is 125 Å². The number of hydrogen-bond donors (Lipinski definition) is 1. The molecule has 0 unspecified atom stereocenters. The molecule has 4 heteroatoms. The summed E-state index contributed by atoms with van der Waals surface area (Å²) < 4.78 is 0. The van der Waals surface area contributed by atoms with E-state index in [4.69, 9.17) is 0 Å². The highest BCUT2D eigenvalue weighted by Crippen LogP contribution is 2.33. The third kappa shape index (κ3) is 2.94. The van der Waals surface area contributed by atoms with E-state index in [1.165, 1.54) is 5.56 Å². The van der Waals surface area contributed by atoms with Gasteiger partial charge in [0, 0.05) is 19.5 Å². The first kappa shape index (κ1) is 14.1. The molecule has 1 aliphatic carbocycles. The van der Waals surface area contributed by atoms with Gasteiger partial charge < -0.3 is 10.2 Å². The Bertz CT molecular complexity index is 521. The molecule has 1 N–H and O–H groups in total. The van der Waals surface area contributed by atoms with Gasteiger partial charge in [0.1, 0.15) is 5.54 Å². The number of carbonyl (C=O) groups excluding carboxylic acids is 2. The van der Waals surface area contributed by atoms with Gasteiger partial charge in [-0.2, -0.15) is 0 Å². The van der Waals surface area contributed by atoms with E-state index in [0.717, 1.165) is 32.1 Å². The maximum absolute atomic E-state index is 12.8. The fraction of sp³-hybridized carbons (Fsp3) is 0.529. The van der Waals surface area contributed by atoms with Crippen LogP contribution < -0.4 is 5.32 Å². The molecule has 2 amide bonds. The normalized spacial score (nSPS) is 21.4. The van der Waals surface area contributed by atoms with Gasteiger partial charge in [-0.1, -0.05) is 43.2 Å². The largest absolute Gasteiger partial charge is 0.342 e. The highest BCUT2D eigenvalue weighted by atomic mass is 16.2. The van der Waals surface area contributed by atoms with Crippen molar-refractivity contribution in [2.45, 2.75) is 44.1 Å². The Hall–Kier alpha value is -1.84. The molecular weight excluding hydrogens is 264 g/mol. The first-order chi connectivity index (χ1) is 10.2.